The van der Waals surface area contributed by atoms with Crippen LogP contribution in [0.4, 0.5) is 4.39 Å². The van der Waals surface area contributed by atoms with Crippen LogP contribution >= 0.6 is 15.9 Å². The molecule has 1 saturated heterocycles. The smallest absolute Gasteiger partial charge is 0.123 e. The van der Waals surface area contributed by atoms with Gasteiger partial charge in [0.1, 0.15) is 5.82 Å². The zero-order valence-electron chi connectivity index (χ0n) is 15.0. The highest BCUT2D eigenvalue weighted by Crippen LogP contribution is 2.31. The molecule has 0 aliphatic carbocycles. The van der Waals surface area contributed by atoms with Gasteiger partial charge in [0.2, 0.25) is 0 Å². The van der Waals surface area contributed by atoms with Crippen LogP contribution in [-0.2, 0) is 0 Å². The minimum absolute atomic E-state index is 0.174. The molecule has 1 fully saturated rings. The third kappa shape index (κ3) is 4.49. The van der Waals surface area contributed by atoms with Gasteiger partial charge >= 0.3 is 0 Å². The third-order valence-electron chi connectivity index (χ3n) is 5.30. The molecule has 4 heteroatoms. The molecule has 2 aromatic carbocycles. The number of rotatable bonds is 5. The van der Waals surface area contributed by atoms with Crippen LogP contribution in [0.1, 0.15) is 37.4 Å². The summed E-state index contributed by atoms with van der Waals surface area (Å²) in [7, 11) is 0. The normalized spacial score (nSPS) is 18.9. The van der Waals surface area contributed by atoms with Crippen molar-refractivity contribution in [2.24, 2.45) is 0 Å². The van der Waals surface area contributed by atoms with E-state index in [4.69, 9.17) is 0 Å². The summed E-state index contributed by atoms with van der Waals surface area (Å²) in [6, 6.07) is 16.3. The quantitative estimate of drug-likeness (QED) is 0.684. The van der Waals surface area contributed by atoms with E-state index in [-0.39, 0.29) is 11.9 Å². The highest BCUT2D eigenvalue weighted by molar-refractivity contribution is 9.10. The van der Waals surface area contributed by atoms with E-state index in [0.717, 1.165) is 36.2 Å². The van der Waals surface area contributed by atoms with Gasteiger partial charge < -0.3 is 0 Å². The van der Waals surface area contributed by atoms with Gasteiger partial charge in [-0.1, -0.05) is 47.1 Å². The number of hydrogen-bond donors (Lipinski definition) is 0. The maximum Gasteiger partial charge on any atom is 0.123 e. The van der Waals surface area contributed by atoms with E-state index in [0.29, 0.717) is 6.04 Å². The molecule has 2 unspecified atom stereocenters. The van der Waals surface area contributed by atoms with E-state index in [2.05, 4.69) is 63.8 Å². The van der Waals surface area contributed by atoms with Crippen LogP contribution in [0.5, 0.6) is 0 Å². The summed E-state index contributed by atoms with van der Waals surface area (Å²) < 4.78 is 14.5. The van der Waals surface area contributed by atoms with Gasteiger partial charge in [-0.2, -0.15) is 0 Å². The Labute approximate surface area is 158 Å². The first-order valence-corrected chi connectivity index (χ1v) is 9.87. The average Bonchev–Trinajstić information content (AvgIpc) is 2.65. The summed E-state index contributed by atoms with van der Waals surface area (Å²) in [4.78, 5) is 5.09. The monoisotopic (exact) mass is 404 g/mol. The maximum atomic E-state index is 13.4. The van der Waals surface area contributed by atoms with E-state index in [1.807, 2.05) is 12.1 Å². The molecule has 3 rings (SSSR count). The number of halogens is 2. The standard InChI is InChI=1S/C21H26BrFN2/c1-3-16(2)24-12-14-25(15-13-24)21(17-4-8-19(22)9-5-17)18-6-10-20(23)11-7-18/h4-11,16,21H,3,12-15H2,1-2H3. The van der Waals surface area contributed by atoms with Gasteiger partial charge in [0.15, 0.2) is 0 Å². The molecule has 0 aromatic heterocycles. The fourth-order valence-electron chi connectivity index (χ4n) is 3.60. The van der Waals surface area contributed by atoms with Crippen LogP contribution in [0.2, 0.25) is 0 Å². The second-order valence-electron chi connectivity index (χ2n) is 6.83. The lowest BCUT2D eigenvalue weighted by Crippen LogP contribution is -2.50. The Morgan fingerprint density at radius 3 is 1.88 bits per heavy atom. The van der Waals surface area contributed by atoms with Crippen LogP contribution in [0.3, 0.4) is 0 Å². The predicted octanol–water partition coefficient (Wildman–Crippen LogP) is 5.09. The van der Waals surface area contributed by atoms with Crippen molar-refractivity contribution < 1.29 is 4.39 Å². The van der Waals surface area contributed by atoms with Gasteiger partial charge in [0.25, 0.3) is 0 Å². The first-order chi connectivity index (χ1) is 12.1. The van der Waals surface area contributed by atoms with Crippen molar-refractivity contribution in [2.75, 3.05) is 26.2 Å². The average molecular weight is 405 g/mol. The van der Waals surface area contributed by atoms with Crippen molar-refractivity contribution in [1.29, 1.82) is 0 Å². The summed E-state index contributed by atoms with van der Waals surface area (Å²) in [5.41, 5.74) is 2.41. The Balaban J connectivity index is 1.84. The summed E-state index contributed by atoms with van der Waals surface area (Å²) >= 11 is 3.52. The van der Waals surface area contributed by atoms with E-state index < -0.39 is 0 Å². The van der Waals surface area contributed by atoms with E-state index in [1.165, 1.54) is 12.0 Å². The van der Waals surface area contributed by atoms with Crippen molar-refractivity contribution >= 4 is 15.9 Å². The molecular weight excluding hydrogens is 379 g/mol. The lowest BCUT2D eigenvalue weighted by atomic mass is 9.96. The second kappa shape index (κ2) is 8.43. The van der Waals surface area contributed by atoms with Gasteiger partial charge in [-0.3, -0.25) is 9.80 Å². The third-order valence-corrected chi connectivity index (χ3v) is 5.83. The van der Waals surface area contributed by atoms with Crippen LogP contribution in [0.15, 0.2) is 53.0 Å². The van der Waals surface area contributed by atoms with Gasteiger partial charge in [-0.05, 0) is 48.7 Å². The molecule has 0 radical (unpaired) electrons. The number of nitrogens with zero attached hydrogens (tertiary/aromatic N) is 2. The summed E-state index contributed by atoms with van der Waals surface area (Å²) in [6.45, 7) is 8.79. The minimum atomic E-state index is -0.181. The predicted molar refractivity (Wildman–Crippen MR) is 105 cm³/mol. The van der Waals surface area contributed by atoms with E-state index in [1.54, 1.807) is 12.1 Å². The Bertz CT molecular complexity index is 618. The fourth-order valence-corrected chi connectivity index (χ4v) is 3.86. The van der Waals surface area contributed by atoms with Crippen molar-refractivity contribution in [1.82, 2.24) is 9.80 Å². The van der Waals surface area contributed by atoms with Gasteiger partial charge in [0, 0.05) is 36.7 Å². The number of benzene rings is 2. The Kier molecular flexibility index (Phi) is 6.26. The Morgan fingerprint density at radius 2 is 1.36 bits per heavy atom. The molecule has 2 atom stereocenters. The molecule has 1 aliphatic rings. The van der Waals surface area contributed by atoms with E-state index >= 15 is 0 Å². The second-order valence-corrected chi connectivity index (χ2v) is 7.75. The van der Waals surface area contributed by atoms with Crippen LogP contribution < -0.4 is 0 Å². The lowest BCUT2D eigenvalue weighted by molar-refractivity contribution is 0.0827. The first-order valence-electron chi connectivity index (χ1n) is 9.07. The van der Waals surface area contributed by atoms with Gasteiger partial charge in [0.05, 0.1) is 6.04 Å². The highest BCUT2D eigenvalue weighted by Gasteiger charge is 2.27. The molecular formula is C21H26BrFN2. The molecule has 2 aromatic rings. The molecule has 0 spiro atoms. The molecule has 25 heavy (non-hydrogen) atoms. The van der Waals surface area contributed by atoms with Crippen molar-refractivity contribution in [3.8, 4) is 0 Å². The summed E-state index contributed by atoms with van der Waals surface area (Å²) in [5, 5.41) is 0. The zero-order chi connectivity index (χ0) is 17.8. The molecule has 1 heterocycles. The highest BCUT2D eigenvalue weighted by atomic mass is 79.9. The summed E-state index contributed by atoms with van der Waals surface area (Å²) in [5.74, 6) is -0.181. The van der Waals surface area contributed by atoms with Crippen molar-refractivity contribution in [2.45, 2.75) is 32.4 Å². The lowest BCUT2D eigenvalue weighted by Gasteiger charge is -2.41. The number of piperazine rings is 1. The van der Waals surface area contributed by atoms with Crippen molar-refractivity contribution in [3.05, 3.63) is 69.9 Å². The Hall–Kier alpha value is -1.23. The topological polar surface area (TPSA) is 6.48 Å². The first kappa shape index (κ1) is 18.6. The molecule has 2 nitrogen and oxygen atoms in total. The Morgan fingerprint density at radius 1 is 0.880 bits per heavy atom. The van der Waals surface area contributed by atoms with E-state index in [9.17, 15) is 4.39 Å². The van der Waals surface area contributed by atoms with Crippen LogP contribution in [0.25, 0.3) is 0 Å². The molecule has 0 amide bonds. The van der Waals surface area contributed by atoms with Crippen LogP contribution in [-0.4, -0.2) is 42.0 Å². The van der Waals surface area contributed by atoms with Gasteiger partial charge in [-0.25, -0.2) is 4.39 Å². The molecule has 1 aliphatic heterocycles. The minimum Gasteiger partial charge on any atom is -0.298 e. The van der Waals surface area contributed by atoms with Crippen LogP contribution in [0, 0.1) is 5.82 Å². The van der Waals surface area contributed by atoms with Crippen molar-refractivity contribution in [3.63, 3.8) is 0 Å². The summed E-state index contributed by atoms with van der Waals surface area (Å²) in [6.07, 6.45) is 1.19. The SMILES string of the molecule is CCC(C)N1CCN(C(c2ccc(F)cc2)c2ccc(Br)cc2)CC1. The zero-order valence-corrected chi connectivity index (χ0v) is 16.5. The molecule has 0 saturated carbocycles. The molecule has 0 N–H and O–H groups in total. The molecule has 0 bridgehead atoms. The number of hydrogen-bond acceptors (Lipinski definition) is 2. The van der Waals surface area contributed by atoms with Gasteiger partial charge in [-0.15, -0.1) is 0 Å². The molecule has 134 valence electrons. The fraction of sp³-hybridized carbons (Fsp3) is 0.429. The maximum absolute atomic E-state index is 13.4. The largest absolute Gasteiger partial charge is 0.298 e.